The summed E-state index contributed by atoms with van der Waals surface area (Å²) in [5, 5.41) is 29.4. The van der Waals surface area contributed by atoms with E-state index in [1.165, 1.54) is 22.9 Å². The van der Waals surface area contributed by atoms with Gasteiger partial charge in [0.05, 0.1) is 22.2 Å². The Kier molecular flexibility index (Phi) is 6.55. The molecule has 3 rings (SSSR count). The van der Waals surface area contributed by atoms with Crippen molar-refractivity contribution in [1.82, 2.24) is 14.8 Å². The Morgan fingerprint density at radius 3 is 2.57 bits per heavy atom. The average Bonchev–Trinajstić information content (AvgIpc) is 3.13. The second-order valence-electron chi connectivity index (χ2n) is 5.25. The van der Waals surface area contributed by atoms with E-state index >= 15 is 0 Å². The van der Waals surface area contributed by atoms with E-state index in [1.54, 1.807) is 12.3 Å². The van der Waals surface area contributed by atoms with Gasteiger partial charge in [-0.3, -0.25) is 4.79 Å². The second kappa shape index (κ2) is 8.68. The molecule has 0 aliphatic carbocycles. The number of benzene rings is 1. The topological polar surface area (TPSA) is 124 Å². The third-order valence-corrected chi connectivity index (χ3v) is 3.79. The number of rotatable bonds is 4. The third kappa shape index (κ3) is 4.38. The Hall–Kier alpha value is -3.17. The van der Waals surface area contributed by atoms with Crippen LogP contribution in [0.4, 0.5) is 10.1 Å². The fourth-order valence-corrected chi connectivity index (χ4v) is 2.36. The quantitative estimate of drug-likeness (QED) is 0.543. The molecule has 0 radical (unpaired) electrons. The first kappa shape index (κ1) is 21.1. The minimum atomic E-state index is -1.63. The Labute approximate surface area is 174 Å². The first-order valence-corrected chi connectivity index (χ1v) is 7.71. The van der Waals surface area contributed by atoms with Crippen LogP contribution in [0.15, 0.2) is 42.7 Å². The van der Waals surface area contributed by atoms with Crippen molar-refractivity contribution >= 4 is 29.2 Å². The molecule has 2 aromatic heterocycles. The van der Waals surface area contributed by atoms with Crippen LogP contribution in [0.2, 0.25) is 5.02 Å². The maximum absolute atomic E-state index is 13.6. The number of nitrogens with one attached hydrogen (secondary N) is 1. The molecule has 0 spiro atoms. The number of aromatic nitrogens is 3. The van der Waals surface area contributed by atoms with E-state index in [1.807, 2.05) is 6.07 Å². The number of nitriles is 1. The van der Waals surface area contributed by atoms with Gasteiger partial charge in [0, 0.05) is 18.0 Å². The van der Waals surface area contributed by atoms with Crippen LogP contribution in [0.1, 0.15) is 26.4 Å². The molecule has 3 aromatic rings. The van der Waals surface area contributed by atoms with Crippen molar-refractivity contribution in [3.05, 3.63) is 70.4 Å². The normalized spacial score (nSPS) is 9.89. The Balaban J connectivity index is 0.00000280. The van der Waals surface area contributed by atoms with Gasteiger partial charge in [-0.2, -0.15) is 5.26 Å². The molecule has 8 nitrogen and oxygen atoms in total. The summed E-state index contributed by atoms with van der Waals surface area (Å²) in [6.45, 7) is 0. The van der Waals surface area contributed by atoms with E-state index < -0.39 is 28.3 Å². The Morgan fingerprint density at radius 1 is 1.25 bits per heavy atom. The van der Waals surface area contributed by atoms with Gasteiger partial charge < -0.3 is 19.8 Å². The van der Waals surface area contributed by atoms with E-state index in [2.05, 4.69) is 15.5 Å². The molecule has 11 heteroatoms. The van der Waals surface area contributed by atoms with Crippen LogP contribution in [0.25, 0.3) is 5.82 Å². The molecule has 0 aliphatic heterocycles. The first-order chi connectivity index (χ1) is 12.9. The third-order valence-electron chi connectivity index (χ3n) is 3.50. The van der Waals surface area contributed by atoms with Crippen LogP contribution < -0.4 is 29.3 Å². The molecule has 0 unspecified atom stereocenters. The summed E-state index contributed by atoms with van der Waals surface area (Å²) in [5.74, 6) is -2.97. The number of carboxylic acid groups (broad SMARTS) is 1. The predicted octanol–water partition coefficient (Wildman–Crippen LogP) is -1.45. The number of aromatic carboxylic acids is 1. The SMILES string of the molecule is N#Cc1ccn(-c2ccc(C(=O)Nc3cc(F)c(Cl)cc3C(=O)[O-])nn2)c1.[Li+]. The summed E-state index contributed by atoms with van der Waals surface area (Å²) in [4.78, 5) is 23.4. The number of anilines is 1. The van der Waals surface area contributed by atoms with Crippen LogP contribution >= 0.6 is 11.6 Å². The van der Waals surface area contributed by atoms with Crippen LogP contribution in [0.5, 0.6) is 0 Å². The van der Waals surface area contributed by atoms with Gasteiger partial charge in [-0.1, -0.05) is 11.6 Å². The number of halogens is 2. The molecule has 0 saturated heterocycles. The molecule has 134 valence electrons. The number of hydrogen-bond donors (Lipinski definition) is 1. The van der Waals surface area contributed by atoms with Gasteiger partial charge in [0.25, 0.3) is 5.91 Å². The molecule has 1 amide bonds. The molecule has 2 heterocycles. The van der Waals surface area contributed by atoms with Gasteiger partial charge in [-0.15, -0.1) is 10.2 Å². The zero-order valence-electron chi connectivity index (χ0n) is 14.3. The molecule has 0 aliphatic rings. The number of nitrogens with zero attached hydrogens (tertiary/aromatic N) is 4. The molecule has 0 atom stereocenters. The van der Waals surface area contributed by atoms with Gasteiger partial charge in [-0.25, -0.2) is 4.39 Å². The number of carboxylic acids is 1. The molecule has 1 N–H and O–H groups in total. The zero-order valence-corrected chi connectivity index (χ0v) is 15.1. The van der Waals surface area contributed by atoms with Gasteiger partial charge in [0.15, 0.2) is 11.5 Å². The number of carbonyl (C=O) groups is 2. The van der Waals surface area contributed by atoms with Crippen molar-refractivity contribution in [1.29, 1.82) is 5.26 Å². The van der Waals surface area contributed by atoms with E-state index in [0.29, 0.717) is 11.4 Å². The number of carbonyl (C=O) groups excluding carboxylic acids is 2. The van der Waals surface area contributed by atoms with E-state index in [4.69, 9.17) is 16.9 Å². The summed E-state index contributed by atoms with van der Waals surface area (Å²) in [6, 6.07) is 7.99. The molecule has 1 aromatic carbocycles. The van der Waals surface area contributed by atoms with Gasteiger partial charge in [0.1, 0.15) is 11.9 Å². The standard InChI is InChI=1S/C17H9ClFN5O3.Li/c18-11-5-10(17(26)27)14(6-12(11)19)21-16(25)13-1-2-15(23-22-13)24-4-3-9(7-20)8-24;/h1-6,8H,(H,21,25)(H,26,27);/q;+1/p-1. The summed E-state index contributed by atoms with van der Waals surface area (Å²) in [7, 11) is 0. The fraction of sp³-hybridized carbons (Fsp3) is 0. The smallest absolute Gasteiger partial charge is 0.545 e. The Bertz CT molecular complexity index is 1100. The van der Waals surface area contributed by atoms with Crippen LogP contribution in [0.3, 0.4) is 0 Å². The number of amides is 1. The summed E-state index contributed by atoms with van der Waals surface area (Å²) in [5.41, 5.74) is -0.503. The van der Waals surface area contributed by atoms with Crippen molar-refractivity contribution < 1.29 is 37.9 Å². The van der Waals surface area contributed by atoms with Gasteiger partial charge in [0.2, 0.25) is 0 Å². The maximum Gasteiger partial charge on any atom is 1.00 e. The fourth-order valence-electron chi connectivity index (χ4n) is 2.19. The monoisotopic (exact) mass is 391 g/mol. The molecular formula is C17H8ClFLiN5O3. The zero-order chi connectivity index (χ0) is 19.6. The van der Waals surface area contributed by atoms with Gasteiger partial charge >= 0.3 is 18.9 Å². The van der Waals surface area contributed by atoms with Crippen LogP contribution in [0, 0.1) is 17.1 Å². The van der Waals surface area contributed by atoms with E-state index in [0.717, 1.165) is 12.1 Å². The molecule has 0 bridgehead atoms. The summed E-state index contributed by atoms with van der Waals surface area (Å²) >= 11 is 5.55. The number of hydrogen-bond acceptors (Lipinski definition) is 6. The van der Waals surface area contributed by atoms with Crippen LogP contribution in [-0.2, 0) is 0 Å². The second-order valence-corrected chi connectivity index (χ2v) is 5.66. The minimum Gasteiger partial charge on any atom is -0.545 e. The summed E-state index contributed by atoms with van der Waals surface area (Å²) in [6.07, 6.45) is 3.14. The predicted molar refractivity (Wildman–Crippen MR) is 89.8 cm³/mol. The average molecular weight is 392 g/mol. The maximum atomic E-state index is 13.6. The van der Waals surface area contributed by atoms with Gasteiger partial charge in [-0.05, 0) is 30.3 Å². The van der Waals surface area contributed by atoms with Crippen molar-refractivity contribution in [2.75, 3.05) is 5.32 Å². The Morgan fingerprint density at radius 2 is 2.00 bits per heavy atom. The van der Waals surface area contributed by atoms with E-state index in [9.17, 15) is 19.1 Å². The summed E-state index contributed by atoms with van der Waals surface area (Å²) < 4.78 is 15.1. The molecule has 28 heavy (non-hydrogen) atoms. The van der Waals surface area contributed by atoms with Crippen molar-refractivity contribution in [3.63, 3.8) is 0 Å². The van der Waals surface area contributed by atoms with Crippen molar-refractivity contribution in [2.45, 2.75) is 0 Å². The molecule has 0 fully saturated rings. The first-order valence-electron chi connectivity index (χ1n) is 7.33. The molecular weight excluding hydrogens is 384 g/mol. The van der Waals surface area contributed by atoms with Crippen LogP contribution in [-0.4, -0.2) is 26.6 Å². The molecule has 0 saturated carbocycles. The van der Waals surface area contributed by atoms with Crippen molar-refractivity contribution in [2.24, 2.45) is 0 Å². The van der Waals surface area contributed by atoms with Crippen molar-refractivity contribution in [3.8, 4) is 11.9 Å². The largest absolute Gasteiger partial charge is 1.00 e. The minimum absolute atomic E-state index is 0. The van der Waals surface area contributed by atoms with E-state index in [-0.39, 0.29) is 30.2 Å².